The van der Waals surface area contributed by atoms with Crippen molar-refractivity contribution in [2.45, 2.75) is 13.8 Å². The molecule has 0 aliphatic carbocycles. The van der Waals surface area contributed by atoms with Crippen molar-refractivity contribution in [3.05, 3.63) is 53.1 Å². The molecule has 1 aromatic heterocycles. The maximum absolute atomic E-state index is 13.2. The lowest BCUT2D eigenvalue weighted by Crippen LogP contribution is -2.16. The molecule has 0 saturated heterocycles. The standard InChI is InChI=1S/C15H15FN2O2/c1-9-4-5-12(16)7-13(9)17-15(20)14-6-11(10(2)19)8-18(14)3/h4-8H,1-3H3,(H,17,20). The van der Waals surface area contributed by atoms with Crippen molar-refractivity contribution in [2.24, 2.45) is 7.05 Å². The van der Waals surface area contributed by atoms with Crippen LogP contribution in [0.25, 0.3) is 0 Å². The molecule has 0 spiro atoms. The number of Topliss-reactive ketones (excluding diaryl/α,β-unsaturated/α-hetero) is 1. The first kappa shape index (κ1) is 14.0. The maximum atomic E-state index is 13.2. The summed E-state index contributed by atoms with van der Waals surface area (Å²) < 4.78 is 14.8. The third kappa shape index (κ3) is 2.77. The molecule has 2 rings (SSSR count). The van der Waals surface area contributed by atoms with Gasteiger partial charge in [-0.2, -0.15) is 0 Å². The second-order valence-electron chi connectivity index (χ2n) is 4.69. The molecule has 0 radical (unpaired) electrons. The summed E-state index contributed by atoms with van der Waals surface area (Å²) in [7, 11) is 1.68. The SMILES string of the molecule is CC(=O)c1cc(C(=O)Nc2cc(F)ccc2C)n(C)c1. The topological polar surface area (TPSA) is 51.1 Å². The van der Waals surface area contributed by atoms with Crippen LogP contribution in [-0.4, -0.2) is 16.3 Å². The van der Waals surface area contributed by atoms with E-state index in [0.717, 1.165) is 5.56 Å². The van der Waals surface area contributed by atoms with Crippen LogP contribution in [0.15, 0.2) is 30.5 Å². The number of rotatable bonds is 3. The number of nitrogens with zero attached hydrogens (tertiary/aromatic N) is 1. The fourth-order valence-electron chi connectivity index (χ4n) is 1.90. The summed E-state index contributed by atoms with van der Waals surface area (Å²) >= 11 is 0. The normalized spacial score (nSPS) is 10.4. The number of benzene rings is 1. The predicted octanol–water partition coefficient (Wildman–Crippen LogP) is 2.93. The predicted molar refractivity (Wildman–Crippen MR) is 74.5 cm³/mol. The lowest BCUT2D eigenvalue weighted by molar-refractivity contribution is 0.101. The highest BCUT2D eigenvalue weighted by Gasteiger charge is 2.14. The molecule has 20 heavy (non-hydrogen) atoms. The van der Waals surface area contributed by atoms with E-state index in [4.69, 9.17) is 0 Å². The number of ketones is 1. The van der Waals surface area contributed by atoms with E-state index in [1.165, 1.54) is 25.1 Å². The van der Waals surface area contributed by atoms with E-state index in [1.807, 2.05) is 0 Å². The number of amides is 1. The first-order valence-corrected chi connectivity index (χ1v) is 6.13. The molecule has 0 fully saturated rings. The highest BCUT2D eigenvalue weighted by Crippen LogP contribution is 2.18. The molecule has 5 heteroatoms. The van der Waals surface area contributed by atoms with Crippen molar-refractivity contribution >= 4 is 17.4 Å². The van der Waals surface area contributed by atoms with Crippen molar-refractivity contribution in [2.75, 3.05) is 5.32 Å². The van der Waals surface area contributed by atoms with E-state index >= 15 is 0 Å². The van der Waals surface area contributed by atoms with Gasteiger partial charge in [-0.3, -0.25) is 9.59 Å². The van der Waals surface area contributed by atoms with Crippen LogP contribution in [0.1, 0.15) is 33.3 Å². The highest BCUT2D eigenvalue weighted by atomic mass is 19.1. The van der Waals surface area contributed by atoms with E-state index < -0.39 is 5.82 Å². The van der Waals surface area contributed by atoms with Crippen LogP contribution < -0.4 is 5.32 Å². The number of hydrogen-bond donors (Lipinski definition) is 1. The second-order valence-corrected chi connectivity index (χ2v) is 4.69. The zero-order valence-corrected chi connectivity index (χ0v) is 11.5. The average molecular weight is 274 g/mol. The zero-order valence-electron chi connectivity index (χ0n) is 11.5. The third-order valence-electron chi connectivity index (χ3n) is 3.09. The van der Waals surface area contributed by atoms with Crippen LogP contribution in [-0.2, 0) is 7.05 Å². The van der Waals surface area contributed by atoms with E-state index in [2.05, 4.69) is 5.32 Å². The van der Waals surface area contributed by atoms with Crippen LogP contribution in [0, 0.1) is 12.7 Å². The van der Waals surface area contributed by atoms with Crippen molar-refractivity contribution in [1.29, 1.82) is 0 Å². The molecule has 0 unspecified atom stereocenters. The Hall–Kier alpha value is -2.43. The first-order valence-electron chi connectivity index (χ1n) is 6.13. The van der Waals surface area contributed by atoms with Gasteiger partial charge < -0.3 is 9.88 Å². The number of nitrogens with one attached hydrogen (secondary N) is 1. The van der Waals surface area contributed by atoms with E-state index in [9.17, 15) is 14.0 Å². The maximum Gasteiger partial charge on any atom is 0.272 e. The summed E-state index contributed by atoms with van der Waals surface area (Å²) in [6, 6.07) is 5.71. The number of aryl methyl sites for hydroxylation is 2. The molecule has 1 amide bonds. The molecular formula is C15H15FN2O2. The van der Waals surface area contributed by atoms with Crippen LogP contribution in [0.4, 0.5) is 10.1 Å². The summed E-state index contributed by atoms with van der Waals surface area (Å²) in [5.41, 5.74) is 1.99. The average Bonchev–Trinajstić information content (AvgIpc) is 2.76. The van der Waals surface area contributed by atoms with Gasteiger partial charge in [0.25, 0.3) is 5.91 Å². The molecule has 4 nitrogen and oxygen atoms in total. The van der Waals surface area contributed by atoms with Gasteiger partial charge in [-0.25, -0.2) is 4.39 Å². The molecule has 0 atom stereocenters. The minimum absolute atomic E-state index is 0.110. The van der Waals surface area contributed by atoms with Crippen molar-refractivity contribution in [1.82, 2.24) is 4.57 Å². The zero-order chi connectivity index (χ0) is 14.9. The van der Waals surface area contributed by atoms with Crippen molar-refractivity contribution in [3.8, 4) is 0 Å². The summed E-state index contributed by atoms with van der Waals surface area (Å²) in [4.78, 5) is 23.5. The Morgan fingerprint density at radius 2 is 1.95 bits per heavy atom. The number of carbonyl (C=O) groups excluding carboxylic acids is 2. The summed E-state index contributed by atoms with van der Waals surface area (Å²) in [5, 5.41) is 2.65. The van der Waals surface area contributed by atoms with Crippen molar-refractivity contribution in [3.63, 3.8) is 0 Å². The molecule has 0 aliphatic heterocycles. The lowest BCUT2D eigenvalue weighted by atomic mass is 10.2. The Morgan fingerprint density at radius 1 is 1.25 bits per heavy atom. The van der Waals surface area contributed by atoms with Gasteiger partial charge in [-0.1, -0.05) is 6.07 Å². The minimum Gasteiger partial charge on any atom is -0.346 e. The second kappa shape index (κ2) is 5.28. The fraction of sp³-hybridized carbons (Fsp3) is 0.200. The smallest absolute Gasteiger partial charge is 0.272 e. The van der Waals surface area contributed by atoms with E-state index in [0.29, 0.717) is 16.9 Å². The Kier molecular flexibility index (Phi) is 3.70. The highest BCUT2D eigenvalue weighted by molar-refractivity contribution is 6.05. The number of halogens is 1. The number of anilines is 1. The molecule has 0 saturated carbocycles. The molecule has 1 N–H and O–H groups in total. The molecule has 1 heterocycles. The van der Waals surface area contributed by atoms with Gasteiger partial charge in [0.1, 0.15) is 11.5 Å². The molecular weight excluding hydrogens is 259 g/mol. The molecule has 0 bridgehead atoms. The fourth-order valence-corrected chi connectivity index (χ4v) is 1.90. The summed E-state index contributed by atoms with van der Waals surface area (Å²) in [5.74, 6) is -0.905. The van der Waals surface area contributed by atoms with Gasteiger partial charge in [-0.05, 0) is 37.6 Å². The van der Waals surface area contributed by atoms with E-state index in [1.54, 1.807) is 30.8 Å². The Bertz CT molecular complexity index is 689. The van der Waals surface area contributed by atoms with Gasteiger partial charge in [0.15, 0.2) is 5.78 Å². The van der Waals surface area contributed by atoms with Gasteiger partial charge in [0.05, 0.1) is 0 Å². The van der Waals surface area contributed by atoms with Gasteiger partial charge in [-0.15, -0.1) is 0 Å². The van der Waals surface area contributed by atoms with Gasteiger partial charge in [0.2, 0.25) is 0 Å². The Balaban J connectivity index is 2.28. The Labute approximate surface area is 116 Å². The van der Waals surface area contributed by atoms with Crippen molar-refractivity contribution < 1.29 is 14.0 Å². The molecule has 1 aromatic carbocycles. The third-order valence-corrected chi connectivity index (χ3v) is 3.09. The van der Waals surface area contributed by atoms with Gasteiger partial charge >= 0.3 is 0 Å². The minimum atomic E-state index is -0.415. The van der Waals surface area contributed by atoms with E-state index in [-0.39, 0.29) is 11.7 Å². The molecule has 0 aliphatic rings. The molecule has 2 aromatic rings. The largest absolute Gasteiger partial charge is 0.346 e. The van der Waals surface area contributed by atoms with Gasteiger partial charge in [0, 0.05) is 24.5 Å². The summed E-state index contributed by atoms with van der Waals surface area (Å²) in [6.45, 7) is 3.22. The van der Waals surface area contributed by atoms with Crippen LogP contribution >= 0.6 is 0 Å². The summed E-state index contributed by atoms with van der Waals surface area (Å²) in [6.07, 6.45) is 1.59. The molecule has 104 valence electrons. The number of hydrogen-bond acceptors (Lipinski definition) is 2. The number of aromatic nitrogens is 1. The van der Waals surface area contributed by atoms with Crippen LogP contribution in [0.5, 0.6) is 0 Å². The Morgan fingerprint density at radius 3 is 2.55 bits per heavy atom. The van der Waals surface area contributed by atoms with Crippen LogP contribution in [0.3, 0.4) is 0 Å². The monoisotopic (exact) mass is 274 g/mol. The van der Waals surface area contributed by atoms with Crippen LogP contribution in [0.2, 0.25) is 0 Å². The lowest BCUT2D eigenvalue weighted by Gasteiger charge is -2.08. The quantitative estimate of drug-likeness (QED) is 0.875. The first-order chi connectivity index (χ1) is 9.38. The number of carbonyl (C=O) groups is 2.